The zero-order chi connectivity index (χ0) is 12.3. The molecule has 0 aliphatic heterocycles. The maximum absolute atomic E-state index is 12.6. The third-order valence-corrected chi connectivity index (χ3v) is 3.24. The molecule has 0 aliphatic carbocycles. The summed E-state index contributed by atoms with van der Waals surface area (Å²) in [7, 11) is 1.84. The number of benzene rings is 1. The van der Waals surface area contributed by atoms with E-state index >= 15 is 0 Å². The highest BCUT2D eigenvalue weighted by Gasteiger charge is 2.10. The van der Waals surface area contributed by atoms with Crippen molar-refractivity contribution in [1.29, 1.82) is 0 Å². The van der Waals surface area contributed by atoms with Gasteiger partial charge in [0.25, 0.3) is 6.43 Å². The van der Waals surface area contributed by atoms with Gasteiger partial charge in [-0.3, -0.25) is 0 Å². The molecular formula is C12H12F2N2S. The minimum atomic E-state index is -2.44. The van der Waals surface area contributed by atoms with Crippen LogP contribution in [0.25, 0.3) is 10.6 Å². The van der Waals surface area contributed by atoms with Gasteiger partial charge in [0.1, 0.15) is 5.01 Å². The van der Waals surface area contributed by atoms with E-state index in [1.807, 2.05) is 12.4 Å². The Bertz CT molecular complexity index is 497. The molecule has 0 aliphatic rings. The molecule has 17 heavy (non-hydrogen) atoms. The zero-order valence-electron chi connectivity index (χ0n) is 9.28. The average Bonchev–Trinajstić information content (AvgIpc) is 2.78. The van der Waals surface area contributed by atoms with Gasteiger partial charge in [0.2, 0.25) is 0 Å². The van der Waals surface area contributed by atoms with Gasteiger partial charge in [-0.25, -0.2) is 13.8 Å². The second kappa shape index (κ2) is 5.33. The minimum absolute atomic E-state index is 0.0351. The van der Waals surface area contributed by atoms with Gasteiger partial charge in [0, 0.05) is 23.1 Å². The third kappa shape index (κ3) is 2.87. The van der Waals surface area contributed by atoms with E-state index in [4.69, 9.17) is 0 Å². The van der Waals surface area contributed by atoms with Gasteiger partial charge in [-0.2, -0.15) is 0 Å². The van der Waals surface area contributed by atoms with Crippen molar-refractivity contribution in [3.05, 3.63) is 40.9 Å². The lowest BCUT2D eigenvalue weighted by molar-refractivity contribution is 0.151. The number of thiazole rings is 1. The molecule has 5 heteroatoms. The Morgan fingerprint density at radius 2 is 2.24 bits per heavy atom. The SMILES string of the molecule is CNCc1csc(-c2cccc(C(F)F)c2)n1. The summed E-state index contributed by atoms with van der Waals surface area (Å²) in [6.45, 7) is 0.686. The second-order valence-corrected chi connectivity index (χ2v) is 4.46. The van der Waals surface area contributed by atoms with Crippen molar-refractivity contribution in [2.24, 2.45) is 0 Å². The molecule has 0 radical (unpaired) electrons. The summed E-state index contributed by atoms with van der Waals surface area (Å²) in [5.41, 5.74) is 1.71. The minimum Gasteiger partial charge on any atom is -0.314 e. The van der Waals surface area contributed by atoms with E-state index in [1.54, 1.807) is 12.1 Å². The Balaban J connectivity index is 2.28. The number of aromatic nitrogens is 1. The van der Waals surface area contributed by atoms with Crippen LogP contribution in [0.3, 0.4) is 0 Å². The first-order valence-corrected chi connectivity index (χ1v) is 6.06. The largest absolute Gasteiger partial charge is 0.314 e. The summed E-state index contributed by atoms with van der Waals surface area (Å²) in [4.78, 5) is 4.38. The summed E-state index contributed by atoms with van der Waals surface area (Å²) in [6.07, 6.45) is -2.44. The smallest absolute Gasteiger partial charge is 0.263 e. The topological polar surface area (TPSA) is 24.9 Å². The fourth-order valence-electron chi connectivity index (χ4n) is 1.51. The number of nitrogens with zero attached hydrogens (tertiary/aromatic N) is 1. The Morgan fingerprint density at radius 1 is 1.41 bits per heavy atom. The molecule has 1 aromatic carbocycles. The average molecular weight is 254 g/mol. The number of hydrogen-bond donors (Lipinski definition) is 1. The highest BCUT2D eigenvalue weighted by Crippen LogP contribution is 2.27. The number of nitrogens with one attached hydrogen (secondary N) is 1. The van der Waals surface area contributed by atoms with E-state index in [2.05, 4.69) is 10.3 Å². The van der Waals surface area contributed by atoms with Crippen LogP contribution in [0, 0.1) is 0 Å². The predicted molar refractivity (Wildman–Crippen MR) is 65.3 cm³/mol. The van der Waals surface area contributed by atoms with Crippen LogP contribution in [0.5, 0.6) is 0 Å². The van der Waals surface area contributed by atoms with E-state index in [9.17, 15) is 8.78 Å². The predicted octanol–water partition coefficient (Wildman–Crippen LogP) is 3.47. The Hall–Kier alpha value is -1.33. The summed E-state index contributed by atoms with van der Waals surface area (Å²) in [5.74, 6) is 0. The van der Waals surface area contributed by atoms with Crippen molar-refractivity contribution in [2.75, 3.05) is 7.05 Å². The van der Waals surface area contributed by atoms with Gasteiger partial charge in [-0.1, -0.05) is 18.2 Å². The molecule has 1 heterocycles. The molecule has 2 rings (SSSR count). The van der Waals surface area contributed by atoms with Gasteiger partial charge in [0.15, 0.2) is 0 Å². The van der Waals surface area contributed by atoms with Crippen LogP contribution in [0.4, 0.5) is 8.78 Å². The first kappa shape index (κ1) is 12.1. The third-order valence-electron chi connectivity index (χ3n) is 2.30. The van der Waals surface area contributed by atoms with Crippen molar-refractivity contribution in [3.63, 3.8) is 0 Å². The maximum Gasteiger partial charge on any atom is 0.263 e. The van der Waals surface area contributed by atoms with E-state index in [1.165, 1.54) is 23.5 Å². The Labute approximate surface area is 102 Å². The van der Waals surface area contributed by atoms with Crippen LogP contribution >= 0.6 is 11.3 Å². The molecule has 0 saturated carbocycles. The Kier molecular flexibility index (Phi) is 3.81. The fourth-order valence-corrected chi connectivity index (χ4v) is 2.33. The van der Waals surface area contributed by atoms with E-state index in [0.717, 1.165) is 16.3 Å². The lowest BCUT2D eigenvalue weighted by atomic mass is 10.1. The monoisotopic (exact) mass is 254 g/mol. The normalized spacial score (nSPS) is 11.1. The van der Waals surface area contributed by atoms with Gasteiger partial charge < -0.3 is 5.32 Å². The standard InChI is InChI=1S/C12H12F2N2S/c1-15-6-10-7-17-12(16-10)9-4-2-3-8(5-9)11(13)14/h2-5,7,11,15H,6H2,1H3. The molecule has 2 nitrogen and oxygen atoms in total. The Morgan fingerprint density at radius 3 is 2.94 bits per heavy atom. The molecule has 1 aromatic heterocycles. The molecule has 1 N–H and O–H groups in total. The van der Waals surface area contributed by atoms with Gasteiger partial charge in [-0.05, 0) is 13.1 Å². The molecule has 0 bridgehead atoms. The highest BCUT2D eigenvalue weighted by atomic mass is 32.1. The van der Waals surface area contributed by atoms with Crippen LogP contribution in [-0.4, -0.2) is 12.0 Å². The fraction of sp³-hybridized carbons (Fsp3) is 0.250. The van der Waals surface area contributed by atoms with Crippen LogP contribution in [0.2, 0.25) is 0 Å². The molecule has 2 aromatic rings. The summed E-state index contributed by atoms with van der Waals surface area (Å²) in [6, 6.07) is 6.35. The molecule has 0 saturated heterocycles. The summed E-state index contributed by atoms with van der Waals surface area (Å²) in [5, 5.41) is 5.71. The van der Waals surface area contributed by atoms with E-state index in [-0.39, 0.29) is 5.56 Å². The zero-order valence-corrected chi connectivity index (χ0v) is 10.1. The first-order valence-electron chi connectivity index (χ1n) is 5.18. The number of halogens is 2. The van der Waals surface area contributed by atoms with Crippen LogP contribution in [0.1, 0.15) is 17.7 Å². The molecule has 0 fully saturated rings. The highest BCUT2D eigenvalue weighted by molar-refractivity contribution is 7.13. The molecular weight excluding hydrogens is 242 g/mol. The molecule has 0 unspecified atom stereocenters. The van der Waals surface area contributed by atoms with Crippen LogP contribution in [-0.2, 0) is 6.54 Å². The van der Waals surface area contributed by atoms with Crippen LogP contribution in [0.15, 0.2) is 29.6 Å². The van der Waals surface area contributed by atoms with Crippen molar-refractivity contribution in [2.45, 2.75) is 13.0 Å². The molecule has 0 atom stereocenters. The number of alkyl halides is 2. The lowest BCUT2D eigenvalue weighted by Crippen LogP contribution is -2.04. The van der Waals surface area contributed by atoms with Gasteiger partial charge >= 0.3 is 0 Å². The molecule has 0 spiro atoms. The lowest BCUT2D eigenvalue weighted by Gasteiger charge is -2.01. The second-order valence-electron chi connectivity index (χ2n) is 3.60. The van der Waals surface area contributed by atoms with E-state index in [0.29, 0.717) is 6.54 Å². The van der Waals surface area contributed by atoms with Gasteiger partial charge in [0.05, 0.1) is 5.69 Å². The maximum atomic E-state index is 12.6. The molecule has 0 amide bonds. The number of rotatable bonds is 4. The summed E-state index contributed by atoms with van der Waals surface area (Å²) >= 11 is 1.47. The number of hydrogen-bond acceptors (Lipinski definition) is 3. The van der Waals surface area contributed by atoms with Gasteiger partial charge in [-0.15, -0.1) is 11.3 Å². The summed E-state index contributed by atoms with van der Waals surface area (Å²) < 4.78 is 25.1. The molecule has 90 valence electrons. The van der Waals surface area contributed by atoms with Crippen molar-refractivity contribution in [3.8, 4) is 10.6 Å². The quantitative estimate of drug-likeness (QED) is 0.903. The van der Waals surface area contributed by atoms with Crippen molar-refractivity contribution < 1.29 is 8.78 Å². The van der Waals surface area contributed by atoms with Crippen LogP contribution < -0.4 is 5.32 Å². The van der Waals surface area contributed by atoms with Crippen molar-refractivity contribution >= 4 is 11.3 Å². The van der Waals surface area contributed by atoms with E-state index < -0.39 is 6.43 Å². The van der Waals surface area contributed by atoms with Crippen molar-refractivity contribution in [1.82, 2.24) is 10.3 Å². The first-order chi connectivity index (χ1) is 8.20.